The van der Waals surface area contributed by atoms with Crippen molar-refractivity contribution in [3.05, 3.63) is 24.3 Å². The number of amides is 1. The number of sulfonamides is 1. The van der Waals surface area contributed by atoms with Gasteiger partial charge in [-0.3, -0.25) is 4.90 Å². The predicted octanol–water partition coefficient (Wildman–Crippen LogP) is 4.09. The molecule has 1 aromatic rings. The molecule has 0 radical (unpaired) electrons. The Hall–Kier alpha value is -1.84. The van der Waals surface area contributed by atoms with Gasteiger partial charge in [0.15, 0.2) is 0 Å². The highest BCUT2D eigenvalue weighted by Gasteiger charge is 2.36. The number of carbonyl (C=O) groups excluding carboxylic acids is 1. The molecular weight excluding hydrogens is 432 g/mol. The molecule has 9 heteroatoms. The molecule has 0 spiro atoms. The lowest BCUT2D eigenvalue weighted by Crippen LogP contribution is -2.54. The lowest BCUT2D eigenvalue weighted by atomic mass is 10.1. The molecule has 0 aromatic heterocycles. The Balaban J connectivity index is 3.11. The van der Waals surface area contributed by atoms with E-state index in [2.05, 4.69) is 0 Å². The van der Waals surface area contributed by atoms with Crippen LogP contribution < -0.4 is 4.74 Å². The van der Waals surface area contributed by atoms with Gasteiger partial charge in [0.1, 0.15) is 17.1 Å². The van der Waals surface area contributed by atoms with Gasteiger partial charge in [-0.05, 0) is 78.1 Å². The van der Waals surface area contributed by atoms with Crippen LogP contribution in [0.2, 0.25) is 0 Å². The number of nitrogens with zero attached hydrogens (tertiary/aromatic N) is 2. The van der Waals surface area contributed by atoms with Gasteiger partial charge >= 0.3 is 6.09 Å². The van der Waals surface area contributed by atoms with Gasteiger partial charge in [0, 0.05) is 19.1 Å². The van der Waals surface area contributed by atoms with E-state index >= 15 is 0 Å². The molecule has 1 aromatic carbocycles. The van der Waals surface area contributed by atoms with E-state index in [9.17, 15) is 18.3 Å². The Kier molecular flexibility index (Phi) is 9.56. The van der Waals surface area contributed by atoms with Crippen LogP contribution in [0.25, 0.3) is 0 Å². The van der Waals surface area contributed by atoms with Crippen LogP contribution in [-0.4, -0.2) is 66.4 Å². The van der Waals surface area contributed by atoms with Crippen LogP contribution in [-0.2, 0) is 14.8 Å². The molecule has 184 valence electrons. The first-order valence-electron chi connectivity index (χ1n) is 10.9. The summed E-state index contributed by atoms with van der Waals surface area (Å²) in [7, 11) is -2.22. The van der Waals surface area contributed by atoms with E-state index in [0.29, 0.717) is 18.7 Å². The van der Waals surface area contributed by atoms with Crippen LogP contribution in [0.1, 0.15) is 61.8 Å². The third-order valence-corrected chi connectivity index (χ3v) is 6.56. The third kappa shape index (κ3) is 8.26. The van der Waals surface area contributed by atoms with E-state index in [1.165, 1.54) is 42.3 Å². The lowest BCUT2D eigenvalue weighted by Gasteiger charge is -2.40. The molecule has 8 nitrogen and oxygen atoms in total. The number of benzene rings is 1. The molecular formula is C23H40N2O6S. The highest BCUT2D eigenvalue weighted by molar-refractivity contribution is 7.89. The highest BCUT2D eigenvalue weighted by Crippen LogP contribution is 2.24. The van der Waals surface area contributed by atoms with Crippen molar-refractivity contribution in [2.75, 3.05) is 20.2 Å². The Morgan fingerprint density at radius 2 is 1.59 bits per heavy atom. The molecule has 0 aliphatic carbocycles. The van der Waals surface area contributed by atoms with Crippen molar-refractivity contribution in [1.82, 2.24) is 9.21 Å². The van der Waals surface area contributed by atoms with E-state index in [4.69, 9.17) is 9.47 Å². The summed E-state index contributed by atoms with van der Waals surface area (Å²) in [6.07, 6.45) is -0.323. The van der Waals surface area contributed by atoms with Crippen LogP contribution in [0.4, 0.5) is 4.79 Å². The summed E-state index contributed by atoms with van der Waals surface area (Å²) < 4.78 is 38.6. The van der Waals surface area contributed by atoms with Crippen molar-refractivity contribution in [2.45, 2.75) is 84.1 Å². The Morgan fingerprint density at radius 1 is 1.06 bits per heavy atom. The highest BCUT2D eigenvalue weighted by atomic mass is 32.2. The standard InChI is InChI=1S/C23H40N2O6S/c1-17(2)16-24(32(28,29)20-12-10-19(30-9)11-13-20)15-14-18(3)25(23(7,8)27)21(26)31-22(4,5)6/h10-13,17-18,27H,14-16H2,1-9H3/t18-/m0/s1. The zero-order valence-corrected chi connectivity index (χ0v) is 21.7. The quantitative estimate of drug-likeness (QED) is 0.515. The molecule has 1 amide bonds. The van der Waals surface area contributed by atoms with Crippen molar-refractivity contribution in [1.29, 1.82) is 0 Å². The Bertz CT molecular complexity index is 839. The smallest absolute Gasteiger partial charge is 0.412 e. The van der Waals surface area contributed by atoms with Gasteiger partial charge in [-0.15, -0.1) is 0 Å². The second kappa shape index (κ2) is 10.9. The molecule has 0 aliphatic rings. The van der Waals surface area contributed by atoms with Crippen molar-refractivity contribution >= 4 is 16.1 Å². The topological polar surface area (TPSA) is 96.4 Å². The van der Waals surface area contributed by atoms with E-state index in [1.807, 2.05) is 13.8 Å². The fraction of sp³-hybridized carbons (Fsp3) is 0.696. The van der Waals surface area contributed by atoms with Crippen molar-refractivity contribution in [3.8, 4) is 5.75 Å². The molecule has 1 N–H and O–H groups in total. The fourth-order valence-corrected chi connectivity index (χ4v) is 4.95. The van der Waals surface area contributed by atoms with Crippen LogP contribution in [0.3, 0.4) is 0 Å². The van der Waals surface area contributed by atoms with Crippen LogP contribution in [0.15, 0.2) is 29.2 Å². The molecule has 0 fully saturated rings. The zero-order valence-electron chi connectivity index (χ0n) is 20.9. The van der Waals surface area contributed by atoms with Crippen molar-refractivity contribution in [3.63, 3.8) is 0 Å². The monoisotopic (exact) mass is 472 g/mol. The minimum atomic E-state index is -3.75. The van der Waals surface area contributed by atoms with Crippen LogP contribution >= 0.6 is 0 Å². The van der Waals surface area contributed by atoms with Gasteiger partial charge < -0.3 is 14.6 Å². The maximum absolute atomic E-state index is 13.3. The number of hydrogen-bond acceptors (Lipinski definition) is 6. The van der Waals surface area contributed by atoms with Crippen LogP contribution in [0, 0.1) is 5.92 Å². The van der Waals surface area contributed by atoms with Gasteiger partial charge in [0.2, 0.25) is 10.0 Å². The van der Waals surface area contributed by atoms with Gasteiger partial charge in [-0.1, -0.05) is 13.8 Å². The number of aliphatic hydroxyl groups is 1. The average Bonchev–Trinajstić information content (AvgIpc) is 2.62. The summed E-state index contributed by atoms with van der Waals surface area (Å²) >= 11 is 0. The molecule has 0 bridgehead atoms. The summed E-state index contributed by atoms with van der Waals surface area (Å²) in [5.41, 5.74) is -2.19. The fourth-order valence-electron chi connectivity index (χ4n) is 3.33. The second-order valence-corrected chi connectivity index (χ2v) is 11.9. The summed E-state index contributed by atoms with van der Waals surface area (Å²) in [6, 6.07) is 5.80. The number of methoxy groups -OCH3 is 1. The number of ether oxygens (including phenoxy) is 2. The van der Waals surface area contributed by atoms with E-state index in [0.717, 1.165) is 0 Å². The van der Waals surface area contributed by atoms with Gasteiger partial charge in [-0.2, -0.15) is 4.31 Å². The van der Waals surface area contributed by atoms with Crippen molar-refractivity contribution in [2.24, 2.45) is 5.92 Å². The molecule has 0 heterocycles. The van der Waals surface area contributed by atoms with Crippen molar-refractivity contribution < 1.29 is 27.8 Å². The second-order valence-electron chi connectivity index (χ2n) is 9.91. The molecule has 0 unspecified atom stereocenters. The first-order chi connectivity index (χ1) is 14.5. The maximum Gasteiger partial charge on any atom is 0.412 e. The molecule has 0 saturated carbocycles. The summed E-state index contributed by atoms with van der Waals surface area (Å²) in [4.78, 5) is 14.2. The van der Waals surface area contributed by atoms with E-state index in [1.54, 1.807) is 39.8 Å². The summed E-state index contributed by atoms with van der Waals surface area (Å²) in [5, 5.41) is 10.6. The van der Waals surface area contributed by atoms with Crippen LogP contribution in [0.5, 0.6) is 5.75 Å². The van der Waals surface area contributed by atoms with Gasteiger partial charge in [0.05, 0.1) is 12.0 Å². The lowest BCUT2D eigenvalue weighted by molar-refractivity contribution is -0.0988. The number of hydrogen-bond donors (Lipinski definition) is 1. The molecule has 1 atom stereocenters. The normalized spacial score (nSPS) is 13.9. The molecule has 0 saturated heterocycles. The largest absolute Gasteiger partial charge is 0.497 e. The van der Waals surface area contributed by atoms with Gasteiger partial charge in [-0.25, -0.2) is 13.2 Å². The van der Waals surface area contributed by atoms with E-state index < -0.39 is 33.5 Å². The minimum absolute atomic E-state index is 0.106. The summed E-state index contributed by atoms with van der Waals surface area (Å²) in [5.74, 6) is 0.681. The van der Waals surface area contributed by atoms with Gasteiger partial charge in [0.25, 0.3) is 0 Å². The maximum atomic E-state index is 13.3. The molecule has 1 rings (SSSR count). The zero-order chi connectivity index (χ0) is 24.9. The SMILES string of the molecule is COc1ccc(S(=O)(=O)N(CC[C@H](C)N(C(=O)OC(C)(C)C)C(C)(C)O)CC(C)C)cc1. The Labute approximate surface area is 193 Å². The Morgan fingerprint density at radius 3 is 2.00 bits per heavy atom. The first-order valence-corrected chi connectivity index (χ1v) is 12.3. The first kappa shape index (κ1) is 28.2. The average molecular weight is 473 g/mol. The minimum Gasteiger partial charge on any atom is -0.497 e. The van der Waals surface area contributed by atoms with E-state index in [-0.39, 0.29) is 17.4 Å². The summed E-state index contributed by atoms with van der Waals surface area (Å²) in [6.45, 7) is 14.5. The molecule has 0 aliphatic heterocycles. The number of rotatable bonds is 10. The third-order valence-electron chi connectivity index (χ3n) is 4.68. The predicted molar refractivity (Wildman–Crippen MR) is 125 cm³/mol. The molecule has 32 heavy (non-hydrogen) atoms. The number of carbonyl (C=O) groups is 1.